The van der Waals surface area contributed by atoms with Crippen molar-refractivity contribution in [2.24, 2.45) is 0 Å². The molecular weight excluding hydrogens is 511 g/mol. The number of ether oxygens (including phenoxy) is 1. The molecule has 8 heteroatoms. The number of nitrogens with zero attached hydrogens (tertiary/aromatic N) is 3. The SMILES string of the molecule is CC(=O)c1cc(F)cnc1Oc1cccc(-c2ccc(CN3CC(C)NC(C)C3)cc2CN2CCSCC2)c1. The van der Waals surface area contributed by atoms with E-state index in [9.17, 15) is 9.18 Å². The second-order valence-corrected chi connectivity index (χ2v) is 12.0. The molecule has 0 bridgehead atoms. The molecule has 3 heterocycles. The zero-order valence-electron chi connectivity index (χ0n) is 23.0. The molecule has 2 unspecified atom stereocenters. The molecule has 0 spiro atoms. The molecule has 1 N–H and O–H groups in total. The van der Waals surface area contributed by atoms with Crippen LogP contribution in [0.4, 0.5) is 4.39 Å². The maximum atomic E-state index is 13.7. The number of hydrogen-bond acceptors (Lipinski definition) is 7. The summed E-state index contributed by atoms with van der Waals surface area (Å²) >= 11 is 2.02. The van der Waals surface area contributed by atoms with Gasteiger partial charge in [-0.1, -0.05) is 30.3 Å². The average Bonchev–Trinajstić information content (AvgIpc) is 2.90. The normalized spacial score (nSPS) is 20.6. The van der Waals surface area contributed by atoms with Gasteiger partial charge in [-0.25, -0.2) is 9.37 Å². The van der Waals surface area contributed by atoms with Crippen molar-refractivity contribution in [3.63, 3.8) is 0 Å². The predicted molar refractivity (Wildman–Crippen MR) is 156 cm³/mol. The van der Waals surface area contributed by atoms with Gasteiger partial charge in [-0.3, -0.25) is 14.6 Å². The second kappa shape index (κ2) is 12.6. The van der Waals surface area contributed by atoms with Gasteiger partial charge in [0.15, 0.2) is 5.78 Å². The lowest BCUT2D eigenvalue weighted by atomic mass is 9.96. The van der Waals surface area contributed by atoms with Gasteiger partial charge in [0, 0.05) is 62.9 Å². The van der Waals surface area contributed by atoms with Crippen molar-refractivity contribution >= 4 is 17.5 Å². The molecule has 206 valence electrons. The number of rotatable bonds is 8. The average molecular weight is 549 g/mol. The fourth-order valence-electron chi connectivity index (χ4n) is 5.58. The standard InChI is InChI=1S/C31H37FN4O2S/c1-21-17-36(18-22(2)34-21)19-24-7-8-29(26(13-24)20-35-9-11-39-12-10-35)25-5-4-6-28(14-25)38-31-30(23(3)37)15-27(32)16-33-31/h4-8,13-16,21-22,34H,9-12,17-20H2,1-3H3. The highest BCUT2D eigenvalue weighted by molar-refractivity contribution is 7.99. The third kappa shape index (κ3) is 7.25. The number of thioether (sulfide) groups is 1. The Balaban J connectivity index is 1.43. The number of nitrogens with one attached hydrogen (secondary N) is 1. The minimum Gasteiger partial charge on any atom is -0.438 e. The van der Waals surface area contributed by atoms with E-state index in [1.807, 2.05) is 30.0 Å². The lowest BCUT2D eigenvalue weighted by Crippen LogP contribution is -2.53. The summed E-state index contributed by atoms with van der Waals surface area (Å²) < 4.78 is 19.7. The summed E-state index contributed by atoms with van der Waals surface area (Å²) in [5.41, 5.74) is 4.97. The van der Waals surface area contributed by atoms with E-state index in [4.69, 9.17) is 4.74 Å². The lowest BCUT2D eigenvalue weighted by Gasteiger charge is -2.36. The van der Waals surface area contributed by atoms with Crippen LogP contribution in [0.15, 0.2) is 54.7 Å². The fourth-order valence-corrected chi connectivity index (χ4v) is 6.56. The van der Waals surface area contributed by atoms with E-state index in [-0.39, 0.29) is 17.2 Å². The Morgan fingerprint density at radius 1 is 1.05 bits per heavy atom. The topological polar surface area (TPSA) is 57.7 Å². The van der Waals surface area contributed by atoms with Crippen molar-refractivity contribution in [3.8, 4) is 22.8 Å². The van der Waals surface area contributed by atoms with Crippen molar-refractivity contribution in [2.75, 3.05) is 37.7 Å². The van der Waals surface area contributed by atoms with Crippen LogP contribution in [0.1, 0.15) is 42.3 Å². The van der Waals surface area contributed by atoms with Crippen LogP contribution in [-0.4, -0.2) is 70.3 Å². The van der Waals surface area contributed by atoms with Crippen molar-refractivity contribution < 1.29 is 13.9 Å². The maximum absolute atomic E-state index is 13.7. The summed E-state index contributed by atoms with van der Waals surface area (Å²) in [6, 6.07) is 16.8. The minimum atomic E-state index is -0.563. The summed E-state index contributed by atoms with van der Waals surface area (Å²) in [6.45, 7) is 12.0. The van der Waals surface area contributed by atoms with Gasteiger partial charge < -0.3 is 10.1 Å². The van der Waals surface area contributed by atoms with Crippen LogP contribution in [0.25, 0.3) is 11.1 Å². The predicted octanol–water partition coefficient (Wildman–Crippen LogP) is 5.61. The first-order chi connectivity index (χ1) is 18.8. The lowest BCUT2D eigenvalue weighted by molar-refractivity contribution is 0.101. The molecule has 1 aromatic heterocycles. The Labute approximate surface area is 234 Å². The summed E-state index contributed by atoms with van der Waals surface area (Å²) in [6.07, 6.45) is 1.07. The Hall–Kier alpha value is -2.78. The molecule has 2 fully saturated rings. The van der Waals surface area contributed by atoms with Gasteiger partial charge in [-0.2, -0.15) is 11.8 Å². The Bertz CT molecular complexity index is 1300. The van der Waals surface area contributed by atoms with Crippen LogP contribution in [0.5, 0.6) is 11.6 Å². The molecule has 39 heavy (non-hydrogen) atoms. The number of piperazine rings is 1. The molecule has 2 aromatic carbocycles. The maximum Gasteiger partial charge on any atom is 0.230 e. The summed E-state index contributed by atoms with van der Waals surface area (Å²) in [5, 5.41) is 3.62. The molecule has 0 amide bonds. The van der Waals surface area contributed by atoms with E-state index in [1.165, 1.54) is 29.7 Å². The summed E-state index contributed by atoms with van der Waals surface area (Å²) in [7, 11) is 0. The van der Waals surface area contributed by atoms with Crippen molar-refractivity contribution in [1.29, 1.82) is 0 Å². The molecule has 0 aliphatic carbocycles. The highest BCUT2D eigenvalue weighted by Crippen LogP contribution is 2.32. The number of hydrogen-bond donors (Lipinski definition) is 1. The number of ketones is 1. The first kappa shape index (κ1) is 27.8. The minimum absolute atomic E-state index is 0.113. The third-order valence-electron chi connectivity index (χ3n) is 7.26. The van der Waals surface area contributed by atoms with Crippen LogP contribution < -0.4 is 10.1 Å². The molecule has 3 aromatic rings. The highest BCUT2D eigenvalue weighted by atomic mass is 32.2. The largest absolute Gasteiger partial charge is 0.438 e. The van der Waals surface area contributed by atoms with Crippen molar-refractivity contribution in [2.45, 2.75) is 45.9 Å². The monoisotopic (exact) mass is 548 g/mol. The summed E-state index contributed by atoms with van der Waals surface area (Å²) in [5.74, 6) is 2.14. The van der Waals surface area contributed by atoms with E-state index in [2.05, 4.69) is 58.2 Å². The number of carbonyl (C=O) groups is 1. The number of aromatic nitrogens is 1. The fraction of sp³-hybridized carbons (Fsp3) is 0.419. The number of carbonyl (C=O) groups excluding carboxylic acids is 1. The molecule has 2 aliphatic heterocycles. The van der Waals surface area contributed by atoms with E-state index >= 15 is 0 Å². The number of halogens is 1. The number of benzene rings is 2. The van der Waals surface area contributed by atoms with Gasteiger partial charge in [0.05, 0.1) is 11.8 Å². The van der Waals surface area contributed by atoms with Crippen LogP contribution in [-0.2, 0) is 13.1 Å². The van der Waals surface area contributed by atoms with Gasteiger partial charge in [0.25, 0.3) is 0 Å². The molecule has 0 saturated carbocycles. The van der Waals surface area contributed by atoms with E-state index in [0.717, 1.165) is 62.5 Å². The Morgan fingerprint density at radius 2 is 1.82 bits per heavy atom. The molecular formula is C31H37FN4O2S. The van der Waals surface area contributed by atoms with Crippen molar-refractivity contribution in [3.05, 3.63) is 77.2 Å². The molecule has 5 rings (SSSR count). The van der Waals surface area contributed by atoms with Crippen LogP contribution >= 0.6 is 11.8 Å². The number of pyridine rings is 1. The first-order valence-electron chi connectivity index (χ1n) is 13.7. The molecule has 2 saturated heterocycles. The third-order valence-corrected chi connectivity index (χ3v) is 8.21. The molecule has 6 nitrogen and oxygen atoms in total. The summed E-state index contributed by atoms with van der Waals surface area (Å²) in [4.78, 5) is 21.2. The van der Waals surface area contributed by atoms with Gasteiger partial charge >= 0.3 is 0 Å². The number of Topliss-reactive ketones (excluding diaryl/α,β-unsaturated/α-hetero) is 1. The van der Waals surface area contributed by atoms with E-state index in [1.54, 1.807) is 0 Å². The highest BCUT2D eigenvalue weighted by Gasteiger charge is 2.22. The van der Waals surface area contributed by atoms with E-state index < -0.39 is 5.82 Å². The van der Waals surface area contributed by atoms with Crippen LogP contribution in [0.2, 0.25) is 0 Å². The van der Waals surface area contributed by atoms with Gasteiger partial charge in [-0.05, 0) is 61.2 Å². The first-order valence-corrected chi connectivity index (χ1v) is 14.8. The molecule has 0 radical (unpaired) electrons. The Morgan fingerprint density at radius 3 is 2.56 bits per heavy atom. The molecule has 2 aliphatic rings. The quantitative estimate of drug-likeness (QED) is 0.367. The molecule has 2 atom stereocenters. The van der Waals surface area contributed by atoms with Gasteiger partial charge in [0.2, 0.25) is 5.88 Å². The van der Waals surface area contributed by atoms with Crippen LogP contribution in [0.3, 0.4) is 0 Å². The Kier molecular flexibility index (Phi) is 8.97. The van der Waals surface area contributed by atoms with Gasteiger partial charge in [0.1, 0.15) is 11.6 Å². The van der Waals surface area contributed by atoms with E-state index in [0.29, 0.717) is 17.8 Å². The van der Waals surface area contributed by atoms with Crippen molar-refractivity contribution in [1.82, 2.24) is 20.1 Å². The van der Waals surface area contributed by atoms with Gasteiger partial charge in [-0.15, -0.1) is 0 Å². The smallest absolute Gasteiger partial charge is 0.230 e. The second-order valence-electron chi connectivity index (χ2n) is 10.7. The zero-order chi connectivity index (χ0) is 27.4. The van der Waals surface area contributed by atoms with Crippen LogP contribution in [0, 0.1) is 5.82 Å². The zero-order valence-corrected chi connectivity index (χ0v) is 23.8.